The Morgan fingerprint density at radius 3 is 2.52 bits per heavy atom. The van der Waals surface area contributed by atoms with Gasteiger partial charge in [0.15, 0.2) is 0 Å². The SMILES string of the molecule is CCN(Cc1ccccc1)C(=O)C1CC(c2ccc(C)c(C)c2)NN1. The Labute approximate surface area is 150 Å². The molecule has 0 aromatic heterocycles. The Hall–Kier alpha value is -2.17. The number of hydrogen-bond acceptors (Lipinski definition) is 3. The van der Waals surface area contributed by atoms with Gasteiger partial charge in [0.05, 0.1) is 0 Å². The predicted octanol–water partition coefficient (Wildman–Crippen LogP) is 3.26. The minimum atomic E-state index is -0.185. The number of nitrogens with one attached hydrogen (secondary N) is 2. The lowest BCUT2D eigenvalue weighted by Crippen LogP contribution is -2.45. The summed E-state index contributed by atoms with van der Waals surface area (Å²) in [6.45, 7) is 7.64. The lowest BCUT2D eigenvalue weighted by Gasteiger charge is -2.24. The smallest absolute Gasteiger partial charge is 0.241 e. The summed E-state index contributed by atoms with van der Waals surface area (Å²) in [7, 11) is 0. The monoisotopic (exact) mass is 337 g/mol. The molecular formula is C21H27N3O. The highest BCUT2D eigenvalue weighted by molar-refractivity contribution is 5.82. The minimum absolute atomic E-state index is 0.158. The number of hydrazine groups is 1. The number of aryl methyl sites for hydroxylation is 2. The maximum atomic E-state index is 12.9. The molecule has 3 rings (SSSR count). The summed E-state index contributed by atoms with van der Waals surface area (Å²) in [6.07, 6.45) is 0.770. The van der Waals surface area contributed by atoms with Crippen molar-refractivity contribution in [1.29, 1.82) is 0 Å². The van der Waals surface area contributed by atoms with E-state index in [0.29, 0.717) is 13.1 Å². The third-order valence-electron chi connectivity index (χ3n) is 5.04. The van der Waals surface area contributed by atoms with E-state index in [4.69, 9.17) is 0 Å². The van der Waals surface area contributed by atoms with Gasteiger partial charge in [0.1, 0.15) is 6.04 Å². The molecule has 0 spiro atoms. The van der Waals surface area contributed by atoms with E-state index in [-0.39, 0.29) is 18.0 Å². The van der Waals surface area contributed by atoms with Crippen LogP contribution in [0.15, 0.2) is 48.5 Å². The molecule has 1 amide bonds. The summed E-state index contributed by atoms with van der Waals surface area (Å²) >= 11 is 0. The number of benzene rings is 2. The van der Waals surface area contributed by atoms with Gasteiger partial charge in [-0.1, -0.05) is 48.5 Å². The predicted molar refractivity (Wildman–Crippen MR) is 101 cm³/mol. The Morgan fingerprint density at radius 2 is 1.84 bits per heavy atom. The fraction of sp³-hybridized carbons (Fsp3) is 0.381. The van der Waals surface area contributed by atoms with Crippen molar-refractivity contribution in [2.75, 3.05) is 6.54 Å². The van der Waals surface area contributed by atoms with Gasteiger partial charge in [-0.05, 0) is 49.4 Å². The van der Waals surface area contributed by atoms with Crippen LogP contribution in [0.2, 0.25) is 0 Å². The fourth-order valence-corrected chi connectivity index (χ4v) is 3.29. The van der Waals surface area contributed by atoms with Crippen LogP contribution in [0.4, 0.5) is 0 Å². The largest absolute Gasteiger partial charge is 0.337 e. The van der Waals surface area contributed by atoms with Crippen LogP contribution < -0.4 is 10.9 Å². The molecule has 2 aromatic rings. The van der Waals surface area contributed by atoms with E-state index in [0.717, 1.165) is 12.0 Å². The molecular weight excluding hydrogens is 310 g/mol. The molecule has 0 aliphatic carbocycles. The van der Waals surface area contributed by atoms with Crippen LogP contribution in [-0.4, -0.2) is 23.4 Å². The first-order valence-electron chi connectivity index (χ1n) is 8.99. The third kappa shape index (κ3) is 4.09. The molecule has 2 unspecified atom stereocenters. The lowest BCUT2D eigenvalue weighted by atomic mass is 9.98. The van der Waals surface area contributed by atoms with Crippen LogP contribution in [0.1, 0.15) is 41.6 Å². The Bertz CT molecular complexity index is 729. The first-order chi connectivity index (χ1) is 12.1. The molecule has 2 atom stereocenters. The zero-order chi connectivity index (χ0) is 17.8. The van der Waals surface area contributed by atoms with Gasteiger partial charge in [-0.15, -0.1) is 0 Å². The molecule has 2 aromatic carbocycles. The van der Waals surface area contributed by atoms with Gasteiger partial charge >= 0.3 is 0 Å². The molecule has 2 N–H and O–H groups in total. The number of nitrogens with zero attached hydrogens (tertiary/aromatic N) is 1. The van der Waals surface area contributed by atoms with Crippen molar-refractivity contribution in [2.45, 2.75) is 45.8 Å². The van der Waals surface area contributed by atoms with Crippen LogP contribution in [0.3, 0.4) is 0 Å². The molecule has 4 heteroatoms. The van der Waals surface area contributed by atoms with Crippen molar-refractivity contribution in [2.24, 2.45) is 0 Å². The van der Waals surface area contributed by atoms with Crippen molar-refractivity contribution < 1.29 is 4.79 Å². The van der Waals surface area contributed by atoms with E-state index in [1.807, 2.05) is 30.0 Å². The maximum Gasteiger partial charge on any atom is 0.241 e. The minimum Gasteiger partial charge on any atom is -0.337 e. The average Bonchev–Trinajstić information content (AvgIpc) is 3.12. The number of likely N-dealkylation sites (N-methyl/N-ethyl adjacent to an activating group) is 1. The van der Waals surface area contributed by atoms with Crippen LogP contribution in [0.5, 0.6) is 0 Å². The zero-order valence-corrected chi connectivity index (χ0v) is 15.3. The average molecular weight is 337 g/mol. The quantitative estimate of drug-likeness (QED) is 0.880. The van der Waals surface area contributed by atoms with Crippen LogP contribution >= 0.6 is 0 Å². The van der Waals surface area contributed by atoms with Crippen molar-refractivity contribution in [1.82, 2.24) is 15.8 Å². The molecule has 4 nitrogen and oxygen atoms in total. The molecule has 1 heterocycles. The second-order valence-corrected chi connectivity index (χ2v) is 6.81. The van der Waals surface area contributed by atoms with Crippen molar-refractivity contribution >= 4 is 5.91 Å². The van der Waals surface area contributed by atoms with Gasteiger partial charge in [-0.2, -0.15) is 0 Å². The number of carbonyl (C=O) groups is 1. The van der Waals surface area contributed by atoms with Crippen molar-refractivity contribution in [3.63, 3.8) is 0 Å². The van der Waals surface area contributed by atoms with Gasteiger partial charge in [-0.25, -0.2) is 10.9 Å². The van der Waals surface area contributed by atoms with Crippen LogP contribution in [0.25, 0.3) is 0 Å². The molecule has 0 saturated carbocycles. The highest BCUT2D eigenvalue weighted by Crippen LogP contribution is 2.25. The summed E-state index contributed by atoms with van der Waals surface area (Å²) in [4.78, 5) is 14.8. The lowest BCUT2D eigenvalue weighted by molar-refractivity contribution is -0.133. The summed E-state index contributed by atoms with van der Waals surface area (Å²) < 4.78 is 0. The fourth-order valence-electron chi connectivity index (χ4n) is 3.29. The first kappa shape index (κ1) is 17.6. The normalized spacial score (nSPS) is 19.8. The number of hydrogen-bond donors (Lipinski definition) is 2. The van der Waals surface area contributed by atoms with Gasteiger partial charge in [0.2, 0.25) is 5.91 Å². The molecule has 1 aliphatic heterocycles. The van der Waals surface area contributed by atoms with E-state index >= 15 is 0 Å². The maximum absolute atomic E-state index is 12.9. The van der Waals surface area contributed by atoms with Gasteiger partial charge in [0.25, 0.3) is 0 Å². The Balaban J connectivity index is 1.65. The van der Waals surface area contributed by atoms with Crippen molar-refractivity contribution in [3.05, 3.63) is 70.8 Å². The highest BCUT2D eigenvalue weighted by Gasteiger charge is 2.32. The van der Waals surface area contributed by atoms with E-state index in [1.165, 1.54) is 16.7 Å². The highest BCUT2D eigenvalue weighted by atomic mass is 16.2. The molecule has 0 radical (unpaired) electrons. The van der Waals surface area contributed by atoms with Crippen LogP contribution in [-0.2, 0) is 11.3 Å². The third-order valence-corrected chi connectivity index (χ3v) is 5.04. The summed E-state index contributed by atoms with van der Waals surface area (Å²) in [6, 6.07) is 16.6. The molecule has 1 fully saturated rings. The second-order valence-electron chi connectivity index (χ2n) is 6.81. The summed E-state index contributed by atoms with van der Waals surface area (Å²) in [5.41, 5.74) is 11.5. The number of carbonyl (C=O) groups excluding carboxylic acids is 1. The van der Waals surface area contributed by atoms with Gasteiger partial charge < -0.3 is 4.90 Å². The summed E-state index contributed by atoms with van der Waals surface area (Å²) in [5, 5.41) is 0. The molecule has 1 aliphatic rings. The standard InChI is InChI=1S/C21H27N3O/c1-4-24(14-17-8-6-5-7-9-17)21(25)20-13-19(22-23-20)18-11-10-15(2)16(3)12-18/h5-12,19-20,22-23H,4,13-14H2,1-3H3. The second kappa shape index (κ2) is 7.81. The topological polar surface area (TPSA) is 44.4 Å². The zero-order valence-electron chi connectivity index (χ0n) is 15.3. The molecule has 25 heavy (non-hydrogen) atoms. The first-order valence-corrected chi connectivity index (χ1v) is 8.99. The van der Waals surface area contributed by atoms with E-state index in [1.54, 1.807) is 0 Å². The van der Waals surface area contributed by atoms with Gasteiger partial charge in [-0.3, -0.25) is 4.79 Å². The molecule has 132 valence electrons. The summed E-state index contributed by atoms with van der Waals surface area (Å²) in [5.74, 6) is 0.158. The van der Waals surface area contributed by atoms with Gasteiger partial charge in [0, 0.05) is 19.1 Å². The molecule has 1 saturated heterocycles. The van der Waals surface area contributed by atoms with Crippen molar-refractivity contribution in [3.8, 4) is 0 Å². The molecule has 0 bridgehead atoms. The Kier molecular flexibility index (Phi) is 5.51. The van der Waals surface area contributed by atoms with E-state index in [9.17, 15) is 4.79 Å². The number of rotatable bonds is 5. The van der Waals surface area contributed by atoms with Crippen LogP contribution in [0, 0.1) is 13.8 Å². The Morgan fingerprint density at radius 1 is 1.08 bits per heavy atom. The number of amides is 1. The van der Waals surface area contributed by atoms with E-state index < -0.39 is 0 Å². The van der Waals surface area contributed by atoms with E-state index in [2.05, 4.69) is 55.0 Å².